The SMILES string of the molecule is O=[N+]([O-])c1cccc(-c2c(Nc3nccs3)ccc3c2OCO3)c1. The lowest BCUT2D eigenvalue weighted by atomic mass is 10.0. The lowest BCUT2D eigenvalue weighted by molar-refractivity contribution is -0.384. The summed E-state index contributed by atoms with van der Waals surface area (Å²) < 4.78 is 11.0. The molecule has 1 aromatic heterocycles. The second-order valence-corrected chi connectivity index (χ2v) is 5.89. The number of nitrogens with one attached hydrogen (secondary N) is 1. The zero-order chi connectivity index (χ0) is 16.5. The van der Waals surface area contributed by atoms with E-state index < -0.39 is 4.92 Å². The average molecular weight is 341 g/mol. The highest BCUT2D eigenvalue weighted by atomic mass is 32.1. The number of fused-ring (bicyclic) bond motifs is 1. The summed E-state index contributed by atoms with van der Waals surface area (Å²) in [5.74, 6) is 1.18. The van der Waals surface area contributed by atoms with E-state index in [-0.39, 0.29) is 12.5 Å². The summed E-state index contributed by atoms with van der Waals surface area (Å²) in [5, 5.41) is 16.9. The standard InChI is InChI=1S/C16H11N3O4S/c20-19(21)11-3-1-2-10(8-11)14-12(18-16-17-6-7-24-16)4-5-13-15(14)23-9-22-13/h1-8H,9H2,(H,17,18). The van der Waals surface area contributed by atoms with Crippen LogP contribution >= 0.6 is 11.3 Å². The van der Waals surface area contributed by atoms with Crippen LogP contribution in [0.2, 0.25) is 0 Å². The number of nitro groups is 1. The summed E-state index contributed by atoms with van der Waals surface area (Å²) in [6, 6.07) is 10.1. The lowest BCUT2D eigenvalue weighted by Gasteiger charge is -2.13. The van der Waals surface area contributed by atoms with Crippen LogP contribution in [0, 0.1) is 10.1 Å². The van der Waals surface area contributed by atoms with Gasteiger partial charge in [-0.3, -0.25) is 10.1 Å². The Kier molecular flexibility index (Phi) is 3.51. The molecule has 0 fully saturated rings. The number of non-ortho nitro benzene ring substituents is 1. The highest BCUT2D eigenvalue weighted by Crippen LogP contribution is 2.47. The first kappa shape index (κ1) is 14.5. The molecule has 0 unspecified atom stereocenters. The first-order valence-electron chi connectivity index (χ1n) is 7.06. The van der Waals surface area contributed by atoms with Crippen LogP contribution in [0.3, 0.4) is 0 Å². The van der Waals surface area contributed by atoms with Crippen LogP contribution in [-0.4, -0.2) is 16.7 Å². The lowest BCUT2D eigenvalue weighted by Crippen LogP contribution is -1.96. The largest absolute Gasteiger partial charge is 0.454 e. The topological polar surface area (TPSA) is 86.5 Å². The van der Waals surface area contributed by atoms with Gasteiger partial charge in [0.1, 0.15) is 0 Å². The Morgan fingerprint density at radius 1 is 1.25 bits per heavy atom. The monoisotopic (exact) mass is 341 g/mol. The van der Waals surface area contributed by atoms with E-state index in [1.807, 2.05) is 11.4 Å². The van der Waals surface area contributed by atoms with E-state index in [0.717, 1.165) is 10.8 Å². The molecule has 0 bridgehead atoms. The van der Waals surface area contributed by atoms with E-state index in [1.165, 1.54) is 23.5 Å². The first-order valence-corrected chi connectivity index (χ1v) is 7.94. The molecule has 4 rings (SSSR count). The van der Waals surface area contributed by atoms with Crippen molar-refractivity contribution in [2.24, 2.45) is 0 Å². The molecule has 0 spiro atoms. The Morgan fingerprint density at radius 3 is 2.96 bits per heavy atom. The summed E-state index contributed by atoms with van der Waals surface area (Å²) in [6.07, 6.45) is 1.70. The summed E-state index contributed by atoms with van der Waals surface area (Å²) in [4.78, 5) is 14.9. The number of ether oxygens (including phenoxy) is 2. The van der Waals surface area contributed by atoms with Gasteiger partial charge < -0.3 is 14.8 Å². The highest BCUT2D eigenvalue weighted by molar-refractivity contribution is 7.13. The van der Waals surface area contributed by atoms with Crippen molar-refractivity contribution in [1.82, 2.24) is 4.98 Å². The van der Waals surface area contributed by atoms with Crippen molar-refractivity contribution >= 4 is 27.8 Å². The molecule has 120 valence electrons. The molecule has 1 aliphatic rings. The van der Waals surface area contributed by atoms with Crippen molar-refractivity contribution in [3.8, 4) is 22.6 Å². The summed E-state index contributed by atoms with van der Waals surface area (Å²) >= 11 is 1.46. The number of nitro benzene ring substituents is 1. The Hall–Kier alpha value is -3.13. The molecular formula is C16H11N3O4S. The number of hydrogen-bond donors (Lipinski definition) is 1. The van der Waals surface area contributed by atoms with E-state index in [1.54, 1.807) is 24.4 Å². The smallest absolute Gasteiger partial charge is 0.270 e. The zero-order valence-corrected chi connectivity index (χ0v) is 13.1. The predicted octanol–water partition coefficient (Wildman–Crippen LogP) is 4.19. The molecule has 24 heavy (non-hydrogen) atoms. The van der Waals surface area contributed by atoms with Crippen molar-refractivity contribution in [2.75, 3.05) is 12.1 Å². The fourth-order valence-corrected chi connectivity index (χ4v) is 3.08. The Labute approximate surface area is 140 Å². The fraction of sp³-hybridized carbons (Fsp3) is 0.0625. The third kappa shape index (κ3) is 2.52. The van der Waals surface area contributed by atoms with Crippen LogP contribution in [-0.2, 0) is 0 Å². The van der Waals surface area contributed by atoms with Gasteiger partial charge in [-0.2, -0.15) is 0 Å². The van der Waals surface area contributed by atoms with Gasteiger partial charge in [0.05, 0.1) is 16.2 Å². The second kappa shape index (κ2) is 5.82. The van der Waals surface area contributed by atoms with E-state index in [4.69, 9.17) is 9.47 Å². The van der Waals surface area contributed by atoms with Gasteiger partial charge in [-0.25, -0.2) is 4.98 Å². The first-order chi connectivity index (χ1) is 11.7. The molecular weight excluding hydrogens is 330 g/mol. The van der Waals surface area contributed by atoms with E-state index in [0.29, 0.717) is 22.6 Å². The molecule has 1 N–H and O–H groups in total. The van der Waals surface area contributed by atoms with Crippen molar-refractivity contribution < 1.29 is 14.4 Å². The Morgan fingerprint density at radius 2 is 2.17 bits per heavy atom. The van der Waals surface area contributed by atoms with Gasteiger partial charge in [0, 0.05) is 23.7 Å². The predicted molar refractivity (Wildman–Crippen MR) is 90.1 cm³/mol. The van der Waals surface area contributed by atoms with Gasteiger partial charge in [-0.1, -0.05) is 12.1 Å². The minimum atomic E-state index is -0.419. The summed E-state index contributed by atoms with van der Waals surface area (Å²) in [7, 11) is 0. The molecule has 0 saturated carbocycles. The molecule has 0 atom stereocenters. The van der Waals surface area contributed by atoms with Gasteiger partial charge in [-0.15, -0.1) is 11.3 Å². The number of benzene rings is 2. The van der Waals surface area contributed by atoms with Gasteiger partial charge in [-0.05, 0) is 17.7 Å². The maximum absolute atomic E-state index is 11.1. The van der Waals surface area contributed by atoms with E-state index >= 15 is 0 Å². The second-order valence-electron chi connectivity index (χ2n) is 4.99. The average Bonchev–Trinajstić information content (AvgIpc) is 3.26. The maximum Gasteiger partial charge on any atom is 0.270 e. The van der Waals surface area contributed by atoms with Crippen LogP contribution in [0.5, 0.6) is 11.5 Å². The van der Waals surface area contributed by atoms with Crippen LogP contribution in [0.1, 0.15) is 0 Å². The summed E-state index contributed by atoms with van der Waals surface area (Å²) in [5.41, 5.74) is 2.15. The molecule has 3 aromatic rings. The van der Waals surface area contributed by atoms with E-state index in [2.05, 4.69) is 10.3 Å². The molecule has 2 aromatic carbocycles. The van der Waals surface area contributed by atoms with Crippen LogP contribution in [0.15, 0.2) is 48.0 Å². The number of nitrogens with zero attached hydrogens (tertiary/aromatic N) is 2. The van der Waals surface area contributed by atoms with Crippen LogP contribution in [0.25, 0.3) is 11.1 Å². The molecule has 0 aliphatic carbocycles. The molecule has 8 heteroatoms. The molecule has 1 aliphatic heterocycles. The Balaban J connectivity index is 1.87. The van der Waals surface area contributed by atoms with Crippen molar-refractivity contribution in [3.63, 3.8) is 0 Å². The number of aromatic nitrogens is 1. The molecule has 2 heterocycles. The normalized spacial score (nSPS) is 12.2. The fourth-order valence-electron chi connectivity index (χ4n) is 2.54. The zero-order valence-electron chi connectivity index (χ0n) is 12.3. The minimum Gasteiger partial charge on any atom is -0.454 e. The highest BCUT2D eigenvalue weighted by Gasteiger charge is 2.23. The minimum absolute atomic E-state index is 0.0178. The van der Waals surface area contributed by atoms with Gasteiger partial charge in [0.15, 0.2) is 16.6 Å². The third-order valence-corrected chi connectivity index (χ3v) is 4.25. The maximum atomic E-state index is 11.1. The van der Waals surface area contributed by atoms with Crippen LogP contribution < -0.4 is 14.8 Å². The van der Waals surface area contributed by atoms with Crippen molar-refractivity contribution in [3.05, 3.63) is 58.1 Å². The molecule has 0 saturated heterocycles. The number of rotatable bonds is 4. The third-order valence-electron chi connectivity index (χ3n) is 3.56. The Bertz CT molecular complexity index is 912. The molecule has 0 radical (unpaired) electrons. The summed E-state index contributed by atoms with van der Waals surface area (Å²) in [6.45, 7) is 0.123. The van der Waals surface area contributed by atoms with Crippen molar-refractivity contribution in [2.45, 2.75) is 0 Å². The van der Waals surface area contributed by atoms with Crippen LogP contribution in [0.4, 0.5) is 16.5 Å². The number of thiazole rings is 1. The van der Waals surface area contributed by atoms with E-state index in [9.17, 15) is 10.1 Å². The molecule has 0 amide bonds. The number of anilines is 2. The van der Waals surface area contributed by atoms with Gasteiger partial charge >= 0.3 is 0 Å². The van der Waals surface area contributed by atoms with Gasteiger partial charge in [0.2, 0.25) is 6.79 Å². The molecule has 7 nitrogen and oxygen atoms in total. The number of hydrogen-bond acceptors (Lipinski definition) is 7. The van der Waals surface area contributed by atoms with Gasteiger partial charge in [0.25, 0.3) is 5.69 Å². The van der Waals surface area contributed by atoms with Crippen molar-refractivity contribution in [1.29, 1.82) is 0 Å². The quantitative estimate of drug-likeness (QED) is 0.565.